The van der Waals surface area contributed by atoms with Crippen LogP contribution in [0.1, 0.15) is 58.1 Å². The molecule has 35 heavy (non-hydrogen) atoms. The Bertz CT molecular complexity index is 963. The number of halogens is 2. The van der Waals surface area contributed by atoms with Crippen LogP contribution >= 0.6 is 23.2 Å². The average Bonchev–Trinajstić information content (AvgIpc) is 2.84. The van der Waals surface area contributed by atoms with Crippen molar-refractivity contribution < 1.29 is 19.1 Å². The lowest BCUT2D eigenvalue weighted by molar-refractivity contribution is -0.141. The summed E-state index contributed by atoms with van der Waals surface area (Å²) in [6.07, 6.45) is 2.00. The lowest BCUT2D eigenvalue weighted by Gasteiger charge is -2.31. The minimum Gasteiger partial charge on any atom is -0.490 e. The van der Waals surface area contributed by atoms with Crippen molar-refractivity contribution in [3.63, 3.8) is 0 Å². The summed E-state index contributed by atoms with van der Waals surface area (Å²) in [6, 6.07) is 10.3. The average molecular weight is 524 g/mol. The molecule has 1 unspecified atom stereocenters. The fourth-order valence-electron chi connectivity index (χ4n) is 3.79. The molecule has 0 spiro atoms. The molecular formula is C27H36Cl2N2O4. The van der Waals surface area contributed by atoms with E-state index < -0.39 is 6.04 Å². The number of benzene rings is 2. The maximum atomic E-state index is 13.5. The molecule has 2 amide bonds. The highest BCUT2D eigenvalue weighted by atomic mass is 35.5. The Balaban J connectivity index is 2.27. The Hall–Kier alpha value is -2.44. The Morgan fingerprint density at radius 2 is 1.63 bits per heavy atom. The molecule has 1 N–H and O–H groups in total. The van der Waals surface area contributed by atoms with Crippen LogP contribution in [0, 0.1) is 0 Å². The molecule has 0 heterocycles. The van der Waals surface area contributed by atoms with Gasteiger partial charge in [0, 0.05) is 35.1 Å². The van der Waals surface area contributed by atoms with Crippen LogP contribution in [0.5, 0.6) is 11.5 Å². The molecule has 0 saturated heterocycles. The van der Waals surface area contributed by atoms with Crippen molar-refractivity contribution >= 4 is 35.0 Å². The summed E-state index contributed by atoms with van der Waals surface area (Å²) in [5, 5.41) is 3.85. The largest absolute Gasteiger partial charge is 0.490 e. The van der Waals surface area contributed by atoms with Crippen molar-refractivity contribution in [2.75, 3.05) is 19.8 Å². The third-order valence-corrected chi connectivity index (χ3v) is 6.27. The summed E-state index contributed by atoms with van der Waals surface area (Å²) >= 11 is 12.8. The monoisotopic (exact) mass is 522 g/mol. The van der Waals surface area contributed by atoms with Crippen LogP contribution in [-0.2, 0) is 22.6 Å². The summed E-state index contributed by atoms with van der Waals surface area (Å²) in [7, 11) is 0. The SMILES string of the molecule is CCCNC(=O)C(CC)N(Cc1c(Cl)cccc1Cl)C(=O)CCc1ccc(OCC)c(OCC)c1. The normalized spacial score (nSPS) is 11.6. The van der Waals surface area contributed by atoms with E-state index in [1.54, 1.807) is 23.1 Å². The predicted molar refractivity (Wildman–Crippen MR) is 141 cm³/mol. The van der Waals surface area contributed by atoms with Gasteiger partial charge in [0.15, 0.2) is 11.5 Å². The van der Waals surface area contributed by atoms with Crippen LogP contribution in [-0.4, -0.2) is 42.5 Å². The number of hydrogen-bond acceptors (Lipinski definition) is 4. The van der Waals surface area contributed by atoms with E-state index in [1.165, 1.54) is 0 Å². The summed E-state index contributed by atoms with van der Waals surface area (Å²) in [6.45, 7) is 9.48. The molecule has 0 aromatic heterocycles. The molecule has 192 valence electrons. The zero-order chi connectivity index (χ0) is 25.8. The zero-order valence-electron chi connectivity index (χ0n) is 21.0. The van der Waals surface area contributed by atoms with Crippen LogP contribution in [0.2, 0.25) is 10.0 Å². The third kappa shape index (κ3) is 8.32. The van der Waals surface area contributed by atoms with E-state index in [2.05, 4.69) is 5.32 Å². The number of amides is 2. The predicted octanol–water partition coefficient (Wildman–Crippen LogP) is 6.06. The number of nitrogens with one attached hydrogen (secondary N) is 1. The van der Waals surface area contributed by atoms with Crippen molar-refractivity contribution in [1.82, 2.24) is 10.2 Å². The smallest absolute Gasteiger partial charge is 0.242 e. The molecule has 2 rings (SSSR count). The van der Waals surface area contributed by atoms with Crippen molar-refractivity contribution in [3.8, 4) is 11.5 Å². The molecule has 0 radical (unpaired) electrons. The fraction of sp³-hybridized carbons (Fsp3) is 0.481. The molecule has 2 aromatic carbocycles. The van der Waals surface area contributed by atoms with Gasteiger partial charge in [-0.05, 0) is 62.9 Å². The Kier molecular flexibility index (Phi) is 12.2. The highest BCUT2D eigenvalue weighted by Gasteiger charge is 2.29. The third-order valence-electron chi connectivity index (χ3n) is 5.56. The first-order valence-electron chi connectivity index (χ1n) is 12.2. The second kappa shape index (κ2) is 14.8. The minimum atomic E-state index is -0.624. The molecule has 6 nitrogen and oxygen atoms in total. The highest BCUT2D eigenvalue weighted by Crippen LogP contribution is 2.30. The van der Waals surface area contributed by atoms with Gasteiger partial charge < -0.3 is 19.7 Å². The molecule has 1 atom stereocenters. The lowest BCUT2D eigenvalue weighted by atomic mass is 10.1. The van der Waals surface area contributed by atoms with Crippen molar-refractivity contribution in [3.05, 3.63) is 57.6 Å². The van der Waals surface area contributed by atoms with Crippen molar-refractivity contribution in [2.45, 2.75) is 66.0 Å². The van der Waals surface area contributed by atoms with Gasteiger partial charge in [-0.2, -0.15) is 0 Å². The molecule has 2 aromatic rings. The van der Waals surface area contributed by atoms with E-state index in [-0.39, 0.29) is 24.8 Å². The van der Waals surface area contributed by atoms with E-state index in [0.29, 0.717) is 59.7 Å². The van der Waals surface area contributed by atoms with E-state index in [9.17, 15) is 9.59 Å². The molecule has 8 heteroatoms. The number of hydrogen-bond donors (Lipinski definition) is 1. The first-order chi connectivity index (χ1) is 16.9. The van der Waals surface area contributed by atoms with E-state index in [0.717, 1.165) is 12.0 Å². The van der Waals surface area contributed by atoms with Gasteiger partial charge in [-0.25, -0.2) is 0 Å². The van der Waals surface area contributed by atoms with Gasteiger partial charge in [-0.1, -0.05) is 49.2 Å². The molecule has 0 fully saturated rings. The summed E-state index contributed by atoms with van der Waals surface area (Å²) in [5.41, 5.74) is 1.58. The second-order valence-corrected chi connectivity index (χ2v) is 8.90. The van der Waals surface area contributed by atoms with E-state index in [4.69, 9.17) is 32.7 Å². The Labute approximate surface area is 218 Å². The van der Waals surface area contributed by atoms with E-state index >= 15 is 0 Å². The summed E-state index contributed by atoms with van der Waals surface area (Å²) in [4.78, 5) is 28.0. The summed E-state index contributed by atoms with van der Waals surface area (Å²) < 4.78 is 11.3. The first-order valence-corrected chi connectivity index (χ1v) is 13.0. The molecule has 0 aliphatic heterocycles. The van der Waals surface area contributed by atoms with Gasteiger partial charge in [0.25, 0.3) is 0 Å². The molecule has 0 saturated carbocycles. The number of ether oxygens (including phenoxy) is 2. The number of nitrogens with zero attached hydrogens (tertiary/aromatic N) is 1. The standard InChI is InChI=1S/C27H36Cl2N2O4/c1-5-16-30-27(33)23(6-2)31(18-20-21(28)10-9-11-22(20)29)26(32)15-13-19-12-14-24(34-7-3)25(17-19)35-8-4/h9-12,14,17,23H,5-8,13,15-16,18H2,1-4H3,(H,30,33). The molecule has 0 bridgehead atoms. The quantitative estimate of drug-likeness (QED) is 0.327. The van der Waals surface area contributed by atoms with Gasteiger partial charge in [0.1, 0.15) is 6.04 Å². The van der Waals surface area contributed by atoms with Gasteiger partial charge >= 0.3 is 0 Å². The second-order valence-electron chi connectivity index (χ2n) is 8.08. The number of rotatable bonds is 14. The number of carbonyl (C=O) groups excluding carboxylic acids is 2. The van der Waals surface area contributed by atoms with Gasteiger partial charge in [-0.15, -0.1) is 0 Å². The highest BCUT2D eigenvalue weighted by molar-refractivity contribution is 6.36. The first kappa shape index (κ1) is 28.8. The Morgan fingerprint density at radius 3 is 2.23 bits per heavy atom. The topological polar surface area (TPSA) is 67.9 Å². The number of carbonyl (C=O) groups is 2. The summed E-state index contributed by atoms with van der Waals surface area (Å²) in [5.74, 6) is 1.01. The van der Waals surface area contributed by atoms with Gasteiger partial charge in [0.05, 0.1) is 13.2 Å². The van der Waals surface area contributed by atoms with Crippen LogP contribution in [0.25, 0.3) is 0 Å². The zero-order valence-corrected chi connectivity index (χ0v) is 22.5. The maximum Gasteiger partial charge on any atom is 0.242 e. The lowest BCUT2D eigenvalue weighted by Crippen LogP contribution is -2.49. The van der Waals surface area contributed by atoms with Crippen molar-refractivity contribution in [1.29, 1.82) is 0 Å². The minimum absolute atomic E-state index is 0.147. The van der Waals surface area contributed by atoms with Gasteiger partial charge in [-0.3, -0.25) is 9.59 Å². The van der Waals surface area contributed by atoms with Crippen LogP contribution < -0.4 is 14.8 Å². The van der Waals surface area contributed by atoms with Crippen LogP contribution in [0.4, 0.5) is 0 Å². The number of aryl methyl sites for hydroxylation is 1. The van der Waals surface area contributed by atoms with Crippen molar-refractivity contribution in [2.24, 2.45) is 0 Å². The van der Waals surface area contributed by atoms with Gasteiger partial charge in [0.2, 0.25) is 11.8 Å². The molecule has 0 aliphatic carbocycles. The molecule has 0 aliphatic rings. The maximum absolute atomic E-state index is 13.5. The Morgan fingerprint density at radius 1 is 0.971 bits per heavy atom. The van der Waals surface area contributed by atoms with E-state index in [1.807, 2.05) is 45.9 Å². The van der Waals surface area contributed by atoms with Crippen LogP contribution in [0.3, 0.4) is 0 Å². The van der Waals surface area contributed by atoms with Crippen LogP contribution in [0.15, 0.2) is 36.4 Å². The fourth-order valence-corrected chi connectivity index (χ4v) is 4.30. The molecular weight excluding hydrogens is 487 g/mol.